The van der Waals surface area contributed by atoms with Crippen molar-refractivity contribution in [2.24, 2.45) is 0 Å². The summed E-state index contributed by atoms with van der Waals surface area (Å²) in [4.78, 5) is 24.3. The lowest BCUT2D eigenvalue weighted by atomic mass is 10.1. The second-order valence-corrected chi connectivity index (χ2v) is 6.44. The van der Waals surface area contributed by atoms with Crippen molar-refractivity contribution in [2.45, 2.75) is 6.04 Å². The van der Waals surface area contributed by atoms with Crippen LogP contribution in [0.1, 0.15) is 22.0 Å². The second kappa shape index (κ2) is 7.85. The van der Waals surface area contributed by atoms with Crippen LogP contribution in [0.4, 0.5) is 11.5 Å². The monoisotopic (exact) mass is 386 g/mol. The van der Waals surface area contributed by atoms with Crippen molar-refractivity contribution >= 4 is 29.5 Å². The number of carbonyl (C=O) groups is 2. The van der Waals surface area contributed by atoms with Crippen LogP contribution in [-0.2, 0) is 4.79 Å². The fourth-order valence-corrected chi connectivity index (χ4v) is 3.05. The number of amides is 1. The average molecular weight is 386 g/mol. The van der Waals surface area contributed by atoms with E-state index in [9.17, 15) is 14.7 Å². The van der Waals surface area contributed by atoms with Crippen molar-refractivity contribution in [3.05, 3.63) is 95.8 Å². The van der Waals surface area contributed by atoms with E-state index in [0.717, 1.165) is 5.56 Å². The number of para-hydroxylation sites is 1. The Balaban J connectivity index is 1.65. The summed E-state index contributed by atoms with van der Waals surface area (Å²) in [7, 11) is 0. The van der Waals surface area contributed by atoms with Gasteiger partial charge < -0.3 is 15.7 Å². The maximum absolute atomic E-state index is 12.7. The molecule has 3 aromatic rings. The van der Waals surface area contributed by atoms with Crippen molar-refractivity contribution in [3.63, 3.8) is 0 Å². The van der Waals surface area contributed by atoms with Gasteiger partial charge in [0.25, 0.3) is 5.91 Å². The Hall–Kier alpha value is -4.13. The zero-order valence-corrected chi connectivity index (χ0v) is 15.3. The fourth-order valence-electron chi connectivity index (χ4n) is 3.05. The highest BCUT2D eigenvalue weighted by Crippen LogP contribution is 2.29. The number of hydrogen-bond acceptors (Lipinski definition) is 4. The van der Waals surface area contributed by atoms with Crippen LogP contribution in [-0.4, -0.2) is 26.8 Å². The Morgan fingerprint density at radius 1 is 1.07 bits per heavy atom. The quantitative estimate of drug-likeness (QED) is 0.620. The molecule has 7 nitrogen and oxygen atoms in total. The molecule has 7 heteroatoms. The summed E-state index contributed by atoms with van der Waals surface area (Å²) in [5.41, 5.74) is 1.88. The summed E-state index contributed by atoms with van der Waals surface area (Å²) in [6, 6.07) is 18.2. The summed E-state index contributed by atoms with van der Waals surface area (Å²) in [6.45, 7) is 0. The van der Waals surface area contributed by atoms with Gasteiger partial charge in [0, 0.05) is 5.69 Å². The first kappa shape index (κ1) is 18.2. The average Bonchev–Trinajstić information content (AvgIpc) is 3.18. The van der Waals surface area contributed by atoms with Gasteiger partial charge in [-0.05, 0) is 23.8 Å². The van der Waals surface area contributed by atoms with Crippen LogP contribution >= 0.6 is 0 Å². The van der Waals surface area contributed by atoms with E-state index in [1.54, 1.807) is 22.9 Å². The number of rotatable bonds is 5. The molecule has 1 aliphatic heterocycles. The highest BCUT2D eigenvalue weighted by atomic mass is 16.4. The first-order chi connectivity index (χ1) is 14.1. The number of aliphatic carboxylic acids is 1. The molecule has 0 unspecified atom stereocenters. The fraction of sp³-hybridized carbons (Fsp3) is 0.0455. The van der Waals surface area contributed by atoms with E-state index < -0.39 is 12.0 Å². The predicted molar refractivity (Wildman–Crippen MR) is 110 cm³/mol. The SMILES string of the molecule is O=C(O)C1=C[C@@H](/C=C/c2ccccc2)n2ncc(C(=O)Nc3ccccc3)c2N1. The molecule has 1 aliphatic rings. The number of nitrogens with one attached hydrogen (secondary N) is 2. The molecule has 4 rings (SSSR count). The lowest BCUT2D eigenvalue weighted by Crippen LogP contribution is -2.24. The molecule has 3 N–H and O–H groups in total. The molecule has 0 radical (unpaired) electrons. The van der Waals surface area contributed by atoms with Gasteiger partial charge in [-0.1, -0.05) is 60.7 Å². The highest BCUT2D eigenvalue weighted by molar-refractivity contribution is 6.08. The summed E-state index contributed by atoms with van der Waals surface area (Å²) >= 11 is 0. The number of anilines is 2. The molecule has 0 saturated carbocycles. The van der Waals surface area contributed by atoms with Gasteiger partial charge in [0.2, 0.25) is 0 Å². The van der Waals surface area contributed by atoms with Gasteiger partial charge in [-0.25, -0.2) is 9.48 Å². The molecule has 0 fully saturated rings. The van der Waals surface area contributed by atoms with E-state index in [0.29, 0.717) is 11.5 Å². The van der Waals surface area contributed by atoms with Gasteiger partial charge in [0.1, 0.15) is 17.1 Å². The van der Waals surface area contributed by atoms with Gasteiger partial charge in [-0.2, -0.15) is 5.10 Å². The summed E-state index contributed by atoms with van der Waals surface area (Å²) < 4.78 is 1.59. The Morgan fingerprint density at radius 3 is 2.45 bits per heavy atom. The lowest BCUT2D eigenvalue weighted by Gasteiger charge is -2.22. The molecular weight excluding hydrogens is 368 g/mol. The van der Waals surface area contributed by atoms with Crippen LogP contribution in [0.25, 0.3) is 6.08 Å². The Bertz CT molecular complexity index is 1100. The number of carbonyl (C=O) groups excluding carboxylic acids is 1. The molecule has 0 spiro atoms. The zero-order valence-electron chi connectivity index (χ0n) is 15.3. The first-order valence-electron chi connectivity index (χ1n) is 9.01. The molecule has 144 valence electrons. The first-order valence-corrected chi connectivity index (χ1v) is 9.01. The number of aromatic nitrogens is 2. The molecule has 29 heavy (non-hydrogen) atoms. The molecular formula is C22H18N4O3. The van der Waals surface area contributed by atoms with Crippen molar-refractivity contribution in [1.29, 1.82) is 0 Å². The largest absolute Gasteiger partial charge is 0.477 e. The van der Waals surface area contributed by atoms with Crippen LogP contribution in [0.15, 0.2) is 84.7 Å². The normalized spacial score (nSPS) is 15.3. The Morgan fingerprint density at radius 2 is 1.76 bits per heavy atom. The lowest BCUT2D eigenvalue weighted by molar-refractivity contribution is -0.132. The van der Waals surface area contributed by atoms with Crippen LogP contribution in [0.2, 0.25) is 0 Å². The minimum atomic E-state index is -1.11. The topological polar surface area (TPSA) is 96.2 Å². The number of fused-ring (bicyclic) bond motifs is 1. The van der Waals surface area contributed by atoms with E-state index in [1.807, 2.05) is 60.7 Å². The van der Waals surface area contributed by atoms with Crippen molar-refractivity contribution < 1.29 is 14.7 Å². The predicted octanol–water partition coefficient (Wildman–Crippen LogP) is 3.78. The molecule has 1 atom stereocenters. The van der Waals surface area contributed by atoms with Crippen LogP contribution in [0.5, 0.6) is 0 Å². The Labute approximate surface area is 167 Å². The van der Waals surface area contributed by atoms with Crippen molar-refractivity contribution in [3.8, 4) is 0 Å². The van der Waals surface area contributed by atoms with E-state index in [-0.39, 0.29) is 17.2 Å². The van der Waals surface area contributed by atoms with Gasteiger partial charge in [-0.3, -0.25) is 4.79 Å². The van der Waals surface area contributed by atoms with E-state index in [1.165, 1.54) is 6.20 Å². The maximum atomic E-state index is 12.7. The van der Waals surface area contributed by atoms with Gasteiger partial charge >= 0.3 is 5.97 Å². The van der Waals surface area contributed by atoms with Gasteiger partial charge in [-0.15, -0.1) is 0 Å². The minimum absolute atomic E-state index is 0.00512. The van der Waals surface area contributed by atoms with Crippen molar-refractivity contribution in [2.75, 3.05) is 10.6 Å². The third-order valence-electron chi connectivity index (χ3n) is 4.46. The van der Waals surface area contributed by atoms with Gasteiger partial charge in [0.05, 0.1) is 12.2 Å². The summed E-state index contributed by atoms with van der Waals surface area (Å²) in [5.74, 6) is -1.15. The van der Waals surface area contributed by atoms with Gasteiger partial charge in [0.15, 0.2) is 0 Å². The second-order valence-electron chi connectivity index (χ2n) is 6.44. The van der Waals surface area contributed by atoms with Crippen LogP contribution in [0, 0.1) is 0 Å². The van der Waals surface area contributed by atoms with Crippen LogP contribution < -0.4 is 10.6 Å². The number of carboxylic acids is 1. The van der Waals surface area contributed by atoms with E-state index >= 15 is 0 Å². The Kier molecular flexibility index (Phi) is 4.94. The molecule has 0 bridgehead atoms. The number of hydrogen-bond donors (Lipinski definition) is 3. The molecule has 0 aliphatic carbocycles. The molecule has 2 heterocycles. The number of allylic oxidation sites excluding steroid dienone is 2. The standard InChI is InChI=1S/C22H18N4O3/c27-21(24-16-9-5-2-6-10-16)18-14-23-26-17(12-11-15-7-3-1-4-8-15)13-19(22(28)29)25-20(18)26/h1-14,17,25H,(H,24,27)(H,28,29)/b12-11+/t17-/m1/s1. The summed E-state index contributed by atoms with van der Waals surface area (Å²) in [6.07, 6.45) is 6.72. The highest BCUT2D eigenvalue weighted by Gasteiger charge is 2.27. The zero-order chi connectivity index (χ0) is 20.2. The number of benzene rings is 2. The molecule has 2 aromatic carbocycles. The minimum Gasteiger partial charge on any atom is -0.477 e. The van der Waals surface area contributed by atoms with Crippen molar-refractivity contribution in [1.82, 2.24) is 9.78 Å². The molecule has 1 aromatic heterocycles. The third-order valence-corrected chi connectivity index (χ3v) is 4.46. The third kappa shape index (κ3) is 3.93. The number of nitrogens with zero attached hydrogens (tertiary/aromatic N) is 2. The van der Waals surface area contributed by atoms with Crippen LogP contribution in [0.3, 0.4) is 0 Å². The van der Waals surface area contributed by atoms with E-state index in [4.69, 9.17) is 0 Å². The smallest absolute Gasteiger partial charge is 0.352 e. The molecule has 1 amide bonds. The summed E-state index contributed by atoms with van der Waals surface area (Å²) in [5, 5.41) is 19.4. The maximum Gasteiger partial charge on any atom is 0.352 e. The van der Waals surface area contributed by atoms with E-state index in [2.05, 4.69) is 15.7 Å². The molecule has 0 saturated heterocycles. The number of carboxylic acid groups (broad SMARTS) is 1.